The molecule has 0 aliphatic heterocycles. The van der Waals surface area contributed by atoms with Crippen LogP contribution in [0.4, 0.5) is 0 Å². The van der Waals surface area contributed by atoms with E-state index in [9.17, 15) is 0 Å². The molecule has 0 saturated heterocycles. The van der Waals surface area contributed by atoms with Crippen molar-refractivity contribution >= 4 is 21.5 Å². The van der Waals surface area contributed by atoms with E-state index in [4.69, 9.17) is 14.2 Å². The fraction of sp³-hybridized carbons (Fsp3) is 0.360. The molecule has 2 bridgehead atoms. The zero-order valence-corrected chi connectivity index (χ0v) is 31.8. The number of ether oxygens (including phenoxy) is 3. The van der Waals surface area contributed by atoms with Crippen molar-refractivity contribution in [2.75, 3.05) is 0 Å². The van der Waals surface area contributed by atoms with Crippen molar-refractivity contribution in [1.82, 2.24) is 0 Å². The molecule has 6 atom stereocenters. The molecule has 8 rings (SSSR count). The second-order valence-corrected chi connectivity index (χ2v) is 16.3. The van der Waals surface area contributed by atoms with Gasteiger partial charge in [-0.05, 0) is 174 Å². The lowest BCUT2D eigenvalue weighted by atomic mass is 9.79. The Kier molecular flexibility index (Phi) is 10.4. The largest absolute Gasteiger partial charge is 0.491 e. The van der Waals surface area contributed by atoms with E-state index in [1.165, 1.54) is 69.5 Å². The molecular weight excluding hydrogens is 649 g/mol. The first kappa shape index (κ1) is 35.3. The predicted molar refractivity (Wildman–Crippen MR) is 220 cm³/mol. The zero-order valence-electron chi connectivity index (χ0n) is 31.8. The van der Waals surface area contributed by atoms with Gasteiger partial charge in [-0.1, -0.05) is 92.7 Å². The molecule has 3 heteroatoms. The topological polar surface area (TPSA) is 27.7 Å². The number of fused-ring (bicyclic) bond motifs is 4. The van der Waals surface area contributed by atoms with Crippen LogP contribution < -0.4 is 14.2 Å². The van der Waals surface area contributed by atoms with Crippen molar-refractivity contribution in [1.29, 1.82) is 0 Å². The lowest BCUT2D eigenvalue weighted by Crippen LogP contribution is -2.23. The molecular formula is C50H54O3. The van der Waals surface area contributed by atoms with Gasteiger partial charge in [0.15, 0.2) is 0 Å². The van der Waals surface area contributed by atoms with Gasteiger partial charge in [0.1, 0.15) is 30.0 Å². The standard InChI is InChI=1S/C50H54O3/c1-33(2)52-47-20-15-39(16-21-47)35(4)26-45(40-17-22-48(23-18-40)53-50-28-37-11-14-44(50)27-37)25-34(3)38-12-9-36(10-13-38)32-51-49-24-19-43-29-41-7-5-6-8-42(41)30-46(43)31-49/h5-10,12-13,15-24,29-31,33-35,37,44-45,50H,11,14,25-28,32H2,1-4H3. The summed E-state index contributed by atoms with van der Waals surface area (Å²) in [4.78, 5) is 0. The highest BCUT2D eigenvalue weighted by Crippen LogP contribution is 2.46. The average Bonchev–Trinajstić information content (AvgIpc) is 3.80. The molecule has 2 aliphatic rings. The molecule has 6 aromatic rings. The molecule has 53 heavy (non-hydrogen) atoms. The van der Waals surface area contributed by atoms with Crippen LogP contribution in [0.3, 0.4) is 0 Å². The van der Waals surface area contributed by atoms with Gasteiger partial charge in [-0.2, -0.15) is 0 Å². The van der Waals surface area contributed by atoms with Gasteiger partial charge in [-0.25, -0.2) is 0 Å². The maximum Gasteiger partial charge on any atom is 0.120 e. The SMILES string of the molecule is CC(C)Oc1ccc(C(C)CC(CC(C)c2ccc(COc3ccc4cc5ccccc5cc4c3)cc2)c2ccc(OC3CC4CCC3C4)cc2)cc1. The summed E-state index contributed by atoms with van der Waals surface area (Å²) in [6, 6.07) is 46.4. The second-order valence-electron chi connectivity index (χ2n) is 16.3. The van der Waals surface area contributed by atoms with Crippen molar-refractivity contribution in [3.05, 3.63) is 150 Å². The minimum atomic E-state index is 0.174. The van der Waals surface area contributed by atoms with Crippen LogP contribution in [0.5, 0.6) is 17.2 Å². The third-order valence-corrected chi connectivity index (χ3v) is 12.0. The molecule has 0 N–H and O–H groups in total. The zero-order chi connectivity index (χ0) is 36.3. The highest BCUT2D eigenvalue weighted by Gasteiger charge is 2.41. The van der Waals surface area contributed by atoms with Gasteiger partial charge in [0, 0.05) is 0 Å². The average molecular weight is 703 g/mol. The first-order chi connectivity index (χ1) is 25.8. The predicted octanol–water partition coefficient (Wildman–Crippen LogP) is 13.4. The van der Waals surface area contributed by atoms with Crippen molar-refractivity contribution < 1.29 is 14.2 Å². The quantitative estimate of drug-likeness (QED) is 0.106. The van der Waals surface area contributed by atoms with Gasteiger partial charge in [0.05, 0.1) is 6.10 Å². The van der Waals surface area contributed by atoms with E-state index >= 15 is 0 Å². The first-order valence-corrected chi connectivity index (χ1v) is 20.0. The molecule has 2 aliphatic carbocycles. The summed E-state index contributed by atoms with van der Waals surface area (Å²) in [5.74, 6) is 5.74. The molecule has 3 nitrogen and oxygen atoms in total. The van der Waals surface area contributed by atoms with Crippen LogP contribution in [0.2, 0.25) is 0 Å². The summed E-state index contributed by atoms with van der Waals surface area (Å²) in [6.07, 6.45) is 8.06. The van der Waals surface area contributed by atoms with Gasteiger partial charge in [0.25, 0.3) is 0 Å². The third kappa shape index (κ3) is 8.41. The fourth-order valence-electron chi connectivity index (χ4n) is 9.08. The number of hydrogen-bond donors (Lipinski definition) is 0. The minimum Gasteiger partial charge on any atom is -0.491 e. The molecule has 0 spiro atoms. The molecule has 0 aromatic heterocycles. The van der Waals surface area contributed by atoms with Crippen LogP contribution in [0.25, 0.3) is 21.5 Å². The molecule has 0 amide bonds. The van der Waals surface area contributed by atoms with Gasteiger partial charge in [-0.3, -0.25) is 0 Å². The van der Waals surface area contributed by atoms with Crippen molar-refractivity contribution in [3.63, 3.8) is 0 Å². The van der Waals surface area contributed by atoms with Crippen LogP contribution in [0, 0.1) is 11.8 Å². The van der Waals surface area contributed by atoms with Crippen LogP contribution >= 0.6 is 0 Å². The summed E-state index contributed by atoms with van der Waals surface area (Å²) >= 11 is 0. The van der Waals surface area contributed by atoms with E-state index in [2.05, 4.69) is 155 Å². The smallest absolute Gasteiger partial charge is 0.120 e. The Balaban J connectivity index is 0.938. The van der Waals surface area contributed by atoms with Gasteiger partial charge >= 0.3 is 0 Å². The Labute approximate surface area is 316 Å². The Morgan fingerprint density at radius 3 is 1.75 bits per heavy atom. The third-order valence-electron chi connectivity index (χ3n) is 12.0. The van der Waals surface area contributed by atoms with Crippen LogP contribution in [0.1, 0.15) is 106 Å². The molecule has 6 aromatic carbocycles. The molecule has 2 fully saturated rings. The first-order valence-electron chi connectivity index (χ1n) is 20.0. The van der Waals surface area contributed by atoms with E-state index in [0.717, 1.165) is 41.9 Å². The Bertz CT molecular complexity index is 2110. The van der Waals surface area contributed by atoms with Gasteiger partial charge in [0.2, 0.25) is 0 Å². The summed E-state index contributed by atoms with van der Waals surface area (Å²) in [5.41, 5.74) is 5.31. The van der Waals surface area contributed by atoms with Crippen LogP contribution in [-0.4, -0.2) is 12.2 Å². The number of benzene rings is 6. The maximum absolute atomic E-state index is 6.55. The molecule has 6 unspecified atom stereocenters. The highest BCUT2D eigenvalue weighted by molar-refractivity contribution is 5.98. The lowest BCUT2D eigenvalue weighted by Gasteiger charge is -2.26. The fourth-order valence-corrected chi connectivity index (χ4v) is 9.08. The molecule has 0 heterocycles. The number of rotatable bonds is 14. The normalized spacial score (nSPS) is 19.8. The van der Waals surface area contributed by atoms with E-state index in [1.54, 1.807) is 0 Å². The van der Waals surface area contributed by atoms with Crippen molar-refractivity contribution in [3.8, 4) is 17.2 Å². The Morgan fingerprint density at radius 2 is 1.13 bits per heavy atom. The lowest BCUT2D eigenvalue weighted by molar-refractivity contribution is 0.138. The van der Waals surface area contributed by atoms with Gasteiger partial charge < -0.3 is 14.2 Å². The van der Waals surface area contributed by atoms with Crippen molar-refractivity contribution in [2.45, 2.75) is 103 Å². The Hall–Kier alpha value is -4.76. The summed E-state index contributed by atoms with van der Waals surface area (Å²) < 4.78 is 18.8. The Morgan fingerprint density at radius 1 is 0.547 bits per heavy atom. The van der Waals surface area contributed by atoms with E-state index in [1.807, 2.05) is 0 Å². The van der Waals surface area contributed by atoms with Crippen molar-refractivity contribution in [2.24, 2.45) is 11.8 Å². The summed E-state index contributed by atoms with van der Waals surface area (Å²) in [5, 5.41) is 4.95. The van der Waals surface area contributed by atoms with Crippen LogP contribution in [-0.2, 0) is 6.61 Å². The second kappa shape index (κ2) is 15.7. The van der Waals surface area contributed by atoms with E-state index < -0.39 is 0 Å². The molecule has 2 saturated carbocycles. The molecule has 0 radical (unpaired) electrons. The van der Waals surface area contributed by atoms with Gasteiger partial charge in [-0.15, -0.1) is 0 Å². The maximum atomic E-state index is 6.55. The summed E-state index contributed by atoms with van der Waals surface area (Å²) in [7, 11) is 0. The monoisotopic (exact) mass is 702 g/mol. The van der Waals surface area contributed by atoms with E-state index in [0.29, 0.717) is 30.5 Å². The molecule has 272 valence electrons. The minimum absolute atomic E-state index is 0.174. The summed E-state index contributed by atoms with van der Waals surface area (Å²) in [6.45, 7) is 9.45. The number of hydrogen-bond acceptors (Lipinski definition) is 3. The van der Waals surface area contributed by atoms with E-state index in [-0.39, 0.29) is 6.10 Å². The highest BCUT2D eigenvalue weighted by atomic mass is 16.5. The van der Waals surface area contributed by atoms with Crippen LogP contribution in [0.15, 0.2) is 127 Å².